The van der Waals surface area contributed by atoms with Gasteiger partial charge in [-0.3, -0.25) is 0 Å². The fraction of sp³-hybridized carbons (Fsp3) is 0.133. The lowest BCUT2D eigenvalue weighted by Gasteiger charge is -2.03. The van der Waals surface area contributed by atoms with Crippen molar-refractivity contribution >= 4 is 28.4 Å². The highest BCUT2D eigenvalue weighted by Gasteiger charge is 2.13. The van der Waals surface area contributed by atoms with Gasteiger partial charge in [0.25, 0.3) is 0 Å². The number of nitrogens with zero attached hydrogens (tertiary/aromatic N) is 1. The van der Waals surface area contributed by atoms with E-state index in [1.54, 1.807) is 38.5 Å². The molecular weight excluding hydrogens is 292 g/mol. The maximum Gasteiger partial charge on any atom is 0.227 e. The normalized spacial score (nSPS) is 10.8. The largest absolute Gasteiger partial charge is 0.495 e. The minimum absolute atomic E-state index is 0.460. The van der Waals surface area contributed by atoms with E-state index in [2.05, 4.69) is 4.98 Å². The van der Waals surface area contributed by atoms with Gasteiger partial charge in [0, 0.05) is 11.6 Å². The molecule has 3 aromatic rings. The van der Waals surface area contributed by atoms with Crippen molar-refractivity contribution in [1.82, 2.24) is 4.98 Å². The number of anilines is 1. The van der Waals surface area contributed by atoms with Crippen LogP contribution in [0, 0.1) is 0 Å². The van der Waals surface area contributed by atoms with E-state index < -0.39 is 0 Å². The summed E-state index contributed by atoms with van der Waals surface area (Å²) in [6, 6.07) is 8.77. The van der Waals surface area contributed by atoms with Gasteiger partial charge in [-0.25, -0.2) is 4.98 Å². The van der Waals surface area contributed by atoms with Crippen molar-refractivity contribution in [2.75, 3.05) is 20.0 Å². The van der Waals surface area contributed by atoms with Crippen molar-refractivity contribution in [3.05, 3.63) is 35.4 Å². The topological polar surface area (TPSA) is 70.5 Å². The summed E-state index contributed by atoms with van der Waals surface area (Å²) in [5.74, 6) is 1.61. The number of nitrogens with two attached hydrogens (primary N) is 1. The minimum atomic E-state index is 0.460. The third kappa shape index (κ3) is 2.36. The van der Waals surface area contributed by atoms with Crippen LogP contribution in [-0.4, -0.2) is 19.2 Å². The van der Waals surface area contributed by atoms with E-state index >= 15 is 0 Å². The van der Waals surface area contributed by atoms with Crippen LogP contribution in [0.25, 0.3) is 22.6 Å². The molecule has 1 aromatic heterocycles. The summed E-state index contributed by atoms with van der Waals surface area (Å²) in [6.07, 6.45) is 0. The Balaban J connectivity index is 2.10. The fourth-order valence-corrected chi connectivity index (χ4v) is 2.33. The van der Waals surface area contributed by atoms with Gasteiger partial charge in [0.15, 0.2) is 5.58 Å². The maximum absolute atomic E-state index is 6.12. The van der Waals surface area contributed by atoms with Crippen molar-refractivity contribution in [3.63, 3.8) is 0 Å². The minimum Gasteiger partial charge on any atom is -0.495 e. The summed E-state index contributed by atoms with van der Waals surface area (Å²) in [4.78, 5) is 4.41. The molecule has 0 atom stereocenters. The molecule has 21 heavy (non-hydrogen) atoms. The standard InChI is InChI=1S/C15H13ClN2O3/c1-19-12-4-3-8(5-9(12)16)15-18-11-6-10(17)13(20-2)7-14(11)21-15/h3-7H,17H2,1-2H3. The van der Waals surface area contributed by atoms with Crippen LogP contribution in [0.4, 0.5) is 5.69 Å². The van der Waals surface area contributed by atoms with E-state index in [9.17, 15) is 0 Å². The predicted octanol–water partition coefficient (Wildman–Crippen LogP) is 3.75. The van der Waals surface area contributed by atoms with E-state index in [0.717, 1.165) is 5.56 Å². The van der Waals surface area contributed by atoms with Crippen LogP contribution >= 0.6 is 11.6 Å². The molecule has 1 heterocycles. The van der Waals surface area contributed by atoms with Crippen LogP contribution in [-0.2, 0) is 0 Å². The lowest BCUT2D eigenvalue weighted by Crippen LogP contribution is -1.91. The molecule has 0 bridgehead atoms. The molecule has 5 nitrogen and oxygen atoms in total. The Hall–Kier alpha value is -2.40. The maximum atomic E-state index is 6.12. The number of oxazole rings is 1. The molecule has 108 valence electrons. The summed E-state index contributed by atoms with van der Waals surface area (Å²) in [5, 5.41) is 0.495. The molecule has 0 spiro atoms. The first kappa shape index (κ1) is 13.6. The number of halogens is 1. The molecular formula is C15H13ClN2O3. The molecule has 0 radical (unpaired) electrons. The van der Waals surface area contributed by atoms with Crippen LogP contribution in [0.2, 0.25) is 5.02 Å². The highest BCUT2D eigenvalue weighted by atomic mass is 35.5. The second kappa shape index (κ2) is 5.18. The summed E-state index contributed by atoms with van der Waals surface area (Å²) < 4.78 is 16.0. The van der Waals surface area contributed by atoms with Gasteiger partial charge in [0.2, 0.25) is 5.89 Å². The first-order valence-electron chi connectivity index (χ1n) is 6.20. The first-order valence-corrected chi connectivity index (χ1v) is 6.58. The van der Waals surface area contributed by atoms with Gasteiger partial charge >= 0.3 is 0 Å². The quantitative estimate of drug-likeness (QED) is 0.746. The Morgan fingerprint density at radius 1 is 1.10 bits per heavy atom. The Morgan fingerprint density at radius 3 is 2.52 bits per heavy atom. The third-order valence-electron chi connectivity index (χ3n) is 3.14. The summed E-state index contributed by atoms with van der Waals surface area (Å²) in [6.45, 7) is 0. The summed E-state index contributed by atoms with van der Waals surface area (Å²) in [5.41, 5.74) is 8.40. The number of ether oxygens (including phenoxy) is 2. The second-order valence-corrected chi connectivity index (χ2v) is 4.84. The third-order valence-corrected chi connectivity index (χ3v) is 3.43. The lowest BCUT2D eigenvalue weighted by molar-refractivity contribution is 0.415. The Bertz CT molecular complexity index is 814. The zero-order chi connectivity index (χ0) is 15.0. The van der Waals surface area contributed by atoms with Gasteiger partial charge in [-0.2, -0.15) is 0 Å². The van der Waals surface area contributed by atoms with E-state index in [0.29, 0.717) is 39.2 Å². The lowest BCUT2D eigenvalue weighted by atomic mass is 10.2. The average molecular weight is 305 g/mol. The molecule has 0 aliphatic heterocycles. The predicted molar refractivity (Wildman–Crippen MR) is 82.0 cm³/mol. The van der Waals surface area contributed by atoms with Crippen LogP contribution in [0.3, 0.4) is 0 Å². The first-order chi connectivity index (χ1) is 10.1. The number of rotatable bonds is 3. The van der Waals surface area contributed by atoms with Gasteiger partial charge in [0.05, 0.1) is 24.9 Å². The van der Waals surface area contributed by atoms with E-state index in [1.165, 1.54) is 0 Å². The number of hydrogen-bond donors (Lipinski definition) is 1. The number of hydrogen-bond acceptors (Lipinski definition) is 5. The fourth-order valence-electron chi connectivity index (χ4n) is 2.07. The van der Waals surface area contributed by atoms with Crippen molar-refractivity contribution in [2.45, 2.75) is 0 Å². The van der Waals surface area contributed by atoms with Crippen molar-refractivity contribution in [2.24, 2.45) is 0 Å². The van der Waals surface area contributed by atoms with Gasteiger partial charge in [0.1, 0.15) is 17.0 Å². The summed E-state index contributed by atoms with van der Waals surface area (Å²) >= 11 is 6.12. The molecule has 3 rings (SSSR count). The zero-order valence-electron chi connectivity index (χ0n) is 11.5. The molecule has 0 amide bonds. The monoisotopic (exact) mass is 304 g/mol. The van der Waals surface area contributed by atoms with Gasteiger partial charge in [-0.15, -0.1) is 0 Å². The van der Waals surface area contributed by atoms with E-state index in [-0.39, 0.29) is 0 Å². The van der Waals surface area contributed by atoms with Gasteiger partial charge in [-0.1, -0.05) is 11.6 Å². The molecule has 6 heteroatoms. The highest BCUT2D eigenvalue weighted by Crippen LogP contribution is 2.33. The second-order valence-electron chi connectivity index (χ2n) is 4.43. The Kier molecular flexibility index (Phi) is 3.35. The van der Waals surface area contributed by atoms with Crippen molar-refractivity contribution < 1.29 is 13.9 Å². The molecule has 2 aromatic carbocycles. The van der Waals surface area contributed by atoms with E-state index in [1.807, 2.05) is 6.07 Å². The molecule has 0 fully saturated rings. The molecule has 0 aliphatic carbocycles. The molecule has 0 aliphatic rings. The van der Waals surface area contributed by atoms with Crippen molar-refractivity contribution in [3.8, 4) is 23.0 Å². The van der Waals surface area contributed by atoms with Crippen LogP contribution < -0.4 is 15.2 Å². The van der Waals surface area contributed by atoms with Crippen LogP contribution in [0.5, 0.6) is 11.5 Å². The highest BCUT2D eigenvalue weighted by molar-refractivity contribution is 6.32. The van der Waals surface area contributed by atoms with Crippen LogP contribution in [0.15, 0.2) is 34.7 Å². The molecule has 2 N–H and O–H groups in total. The summed E-state index contributed by atoms with van der Waals surface area (Å²) in [7, 11) is 3.12. The number of nitrogen functional groups attached to an aromatic ring is 1. The Morgan fingerprint density at radius 2 is 1.86 bits per heavy atom. The van der Waals surface area contributed by atoms with Gasteiger partial charge in [-0.05, 0) is 24.3 Å². The zero-order valence-corrected chi connectivity index (χ0v) is 12.3. The average Bonchev–Trinajstić information content (AvgIpc) is 2.88. The van der Waals surface area contributed by atoms with Crippen molar-refractivity contribution in [1.29, 1.82) is 0 Å². The van der Waals surface area contributed by atoms with Crippen LogP contribution in [0.1, 0.15) is 0 Å². The smallest absolute Gasteiger partial charge is 0.227 e. The molecule has 0 saturated heterocycles. The Labute approximate surface area is 126 Å². The number of aromatic nitrogens is 1. The van der Waals surface area contributed by atoms with Gasteiger partial charge < -0.3 is 19.6 Å². The molecule has 0 unspecified atom stereocenters. The molecule has 0 saturated carbocycles. The number of benzene rings is 2. The SMILES string of the molecule is COc1cc2oc(-c3ccc(OC)c(Cl)c3)nc2cc1N. The van der Waals surface area contributed by atoms with E-state index in [4.69, 9.17) is 31.2 Å². The number of fused-ring (bicyclic) bond motifs is 1. The number of methoxy groups -OCH3 is 2.